The number of rotatable bonds is 7. The number of carboxylic acids is 1. The number of nitrogens with zero attached hydrogens (tertiary/aromatic N) is 1. The van der Waals surface area contributed by atoms with Gasteiger partial charge in [0, 0.05) is 12.1 Å². The molecule has 23 heavy (non-hydrogen) atoms. The van der Waals surface area contributed by atoms with Crippen LogP contribution in [0.1, 0.15) is 28.0 Å². The van der Waals surface area contributed by atoms with E-state index in [4.69, 9.17) is 9.84 Å². The molecule has 2 aromatic rings. The van der Waals surface area contributed by atoms with Crippen LogP contribution in [0, 0.1) is 0 Å². The van der Waals surface area contributed by atoms with Crippen LogP contribution in [0.25, 0.3) is 6.08 Å². The Labute approximate surface area is 133 Å². The number of H-pyrrole nitrogens is 1. The predicted octanol–water partition coefficient (Wildman–Crippen LogP) is 2.44. The summed E-state index contributed by atoms with van der Waals surface area (Å²) in [5, 5.41) is 17.6. The zero-order valence-electron chi connectivity index (χ0n) is 12.4. The van der Waals surface area contributed by atoms with Crippen molar-refractivity contribution in [3.8, 4) is 0 Å². The molecular formula is C16H17N3O4. The van der Waals surface area contributed by atoms with Gasteiger partial charge in [0.05, 0.1) is 6.20 Å². The van der Waals surface area contributed by atoms with Gasteiger partial charge < -0.3 is 15.2 Å². The molecule has 120 valence electrons. The van der Waals surface area contributed by atoms with Gasteiger partial charge in [-0.3, -0.25) is 5.10 Å². The van der Waals surface area contributed by atoms with Gasteiger partial charge in [0.1, 0.15) is 6.61 Å². The van der Waals surface area contributed by atoms with Gasteiger partial charge in [0.15, 0.2) is 5.69 Å². The quantitative estimate of drug-likeness (QED) is 0.681. The number of aromatic amines is 1. The molecule has 0 atom stereocenters. The minimum absolute atomic E-state index is 0.0384. The van der Waals surface area contributed by atoms with Gasteiger partial charge >= 0.3 is 12.1 Å². The van der Waals surface area contributed by atoms with Crippen molar-refractivity contribution in [2.24, 2.45) is 0 Å². The SMILES string of the molecule is O=C(NCCC=Cc1cn[nH]c1C(=O)O)OCc1ccccc1. The smallest absolute Gasteiger partial charge is 0.407 e. The number of hydrogen-bond donors (Lipinski definition) is 3. The number of carboxylic acid groups (broad SMARTS) is 1. The first-order chi connectivity index (χ1) is 11.2. The third-order valence-corrected chi connectivity index (χ3v) is 2.97. The van der Waals surface area contributed by atoms with Crippen molar-refractivity contribution in [3.05, 3.63) is 59.4 Å². The molecular weight excluding hydrogens is 298 g/mol. The van der Waals surface area contributed by atoms with Crippen LogP contribution >= 0.6 is 0 Å². The largest absolute Gasteiger partial charge is 0.477 e. The average Bonchev–Trinajstić information content (AvgIpc) is 3.02. The lowest BCUT2D eigenvalue weighted by atomic mass is 10.2. The number of benzene rings is 1. The molecule has 1 aromatic heterocycles. The number of aromatic carboxylic acids is 1. The summed E-state index contributed by atoms with van der Waals surface area (Å²) in [6.45, 7) is 0.615. The molecule has 0 unspecified atom stereocenters. The first kappa shape index (κ1) is 16.3. The lowest BCUT2D eigenvalue weighted by Crippen LogP contribution is -2.24. The Hall–Kier alpha value is -3.09. The lowest BCUT2D eigenvalue weighted by molar-refractivity contribution is 0.0690. The summed E-state index contributed by atoms with van der Waals surface area (Å²) in [7, 11) is 0. The van der Waals surface area contributed by atoms with Crippen LogP contribution < -0.4 is 5.32 Å². The maximum Gasteiger partial charge on any atom is 0.407 e. The highest BCUT2D eigenvalue weighted by Crippen LogP contribution is 2.07. The standard InChI is InChI=1S/C16H17N3O4/c20-15(21)14-13(10-18-19-14)8-4-5-9-17-16(22)23-11-12-6-2-1-3-7-12/h1-4,6-8,10H,5,9,11H2,(H,17,22)(H,18,19)(H,20,21). The molecule has 7 heteroatoms. The Morgan fingerprint density at radius 3 is 2.83 bits per heavy atom. The van der Waals surface area contributed by atoms with Gasteiger partial charge in [0.2, 0.25) is 0 Å². The second-order valence-corrected chi connectivity index (χ2v) is 4.69. The van der Waals surface area contributed by atoms with Crippen molar-refractivity contribution >= 4 is 18.1 Å². The molecule has 1 aromatic carbocycles. The molecule has 0 radical (unpaired) electrons. The van der Waals surface area contributed by atoms with E-state index in [2.05, 4.69) is 15.5 Å². The van der Waals surface area contributed by atoms with Crippen LogP contribution in [0.4, 0.5) is 4.79 Å². The van der Waals surface area contributed by atoms with E-state index in [1.54, 1.807) is 12.2 Å². The van der Waals surface area contributed by atoms with Crippen LogP contribution in [-0.4, -0.2) is 33.9 Å². The number of carbonyl (C=O) groups is 2. The van der Waals surface area contributed by atoms with Gasteiger partial charge in [-0.05, 0) is 12.0 Å². The Morgan fingerprint density at radius 2 is 2.09 bits per heavy atom. The molecule has 0 aliphatic carbocycles. The van der Waals surface area contributed by atoms with Crippen LogP contribution in [-0.2, 0) is 11.3 Å². The van der Waals surface area contributed by atoms with Crippen LogP contribution in [0.15, 0.2) is 42.6 Å². The normalized spacial score (nSPS) is 10.6. The number of carbonyl (C=O) groups excluding carboxylic acids is 1. The van der Waals surface area contributed by atoms with E-state index in [0.29, 0.717) is 18.5 Å². The van der Waals surface area contributed by atoms with Gasteiger partial charge in [0.25, 0.3) is 0 Å². The number of nitrogens with one attached hydrogen (secondary N) is 2. The molecule has 1 amide bonds. The van der Waals surface area contributed by atoms with Gasteiger partial charge in [-0.15, -0.1) is 0 Å². The molecule has 0 saturated carbocycles. The lowest BCUT2D eigenvalue weighted by Gasteiger charge is -2.05. The number of amides is 1. The van der Waals surface area contributed by atoms with Crippen molar-refractivity contribution in [1.29, 1.82) is 0 Å². The molecule has 0 fully saturated rings. The van der Waals surface area contributed by atoms with E-state index in [1.807, 2.05) is 30.3 Å². The molecule has 2 rings (SSSR count). The van der Waals surface area contributed by atoms with E-state index in [1.165, 1.54) is 6.20 Å². The first-order valence-electron chi connectivity index (χ1n) is 7.04. The topological polar surface area (TPSA) is 104 Å². The summed E-state index contributed by atoms with van der Waals surface area (Å²) < 4.78 is 5.06. The summed E-state index contributed by atoms with van der Waals surface area (Å²) in [5.41, 5.74) is 1.45. The third kappa shape index (κ3) is 5.31. The summed E-state index contributed by atoms with van der Waals surface area (Å²) in [6.07, 6.45) is 4.89. The highest BCUT2D eigenvalue weighted by molar-refractivity contribution is 5.89. The van der Waals surface area contributed by atoms with E-state index in [-0.39, 0.29) is 12.3 Å². The number of alkyl carbamates (subject to hydrolysis) is 1. The van der Waals surface area contributed by atoms with Crippen molar-refractivity contribution in [3.63, 3.8) is 0 Å². The Morgan fingerprint density at radius 1 is 1.30 bits per heavy atom. The zero-order chi connectivity index (χ0) is 16.5. The van der Waals surface area contributed by atoms with Gasteiger partial charge in [-0.2, -0.15) is 5.10 Å². The molecule has 0 saturated heterocycles. The Kier molecular flexibility index (Phi) is 5.93. The van der Waals surface area contributed by atoms with Crippen molar-refractivity contribution in [2.75, 3.05) is 6.54 Å². The summed E-state index contributed by atoms with van der Waals surface area (Å²) >= 11 is 0. The zero-order valence-corrected chi connectivity index (χ0v) is 12.4. The Balaban J connectivity index is 1.66. The van der Waals surface area contributed by atoms with Gasteiger partial charge in [-0.1, -0.05) is 42.5 Å². The molecule has 0 aliphatic rings. The van der Waals surface area contributed by atoms with E-state index in [9.17, 15) is 9.59 Å². The monoisotopic (exact) mass is 315 g/mol. The van der Waals surface area contributed by atoms with E-state index >= 15 is 0 Å². The minimum atomic E-state index is -1.07. The number of ether oxygens (including phenoxy) is 1. The van der Waals surface area contributed by atoms with E-state index < -0.39 is 12.1 Å². The third-order valence-electron chi connectivity index (χ3n) is 2.97. The second kappa shape index (κ2) is 8.38. The van der Waals surface area contributed by atoms with Crippen LogP contribution in [0.3, 0.4) is 0 Å². The van der Waals surface area contributed by atoms with Crippen molar-refractivity contribution < 1.29 is 19.4 Å². The second-order valence-electron chi connectivity index (χ2n) is 4.69. The molecule has 0 spiro atoms. The summed E-state index contributed by atoms with van der Waals surface area (Å²) in [6, 6.07) is 9.40. The fraction of sp³-hybridized carbons (Fsp3) is 0.188. The number of aromatic nitrogens is 2. The fourth-order valence-electron chi connectivity index (χ4n) is 1.84. The first-order valence-corrected chi connectivity index (χ1v) is 7.04. The van der Waals surface area contributed by atoms with Crippen LogP contribution in [0.2, 0.25) is 0 Å². The van der Waals surface area contributed by atoms with Gasteiger partial charge in [-0.25, -0.2) is 9.59 Å². The Bertz CT molecular complexity index is 680. The van der Waals surface area contributed by atoms with E-state index in [0.717, 1.165) is 5.56 Å². The number of hydrogen-bond acceptors (Lipinski definition) is 4. The molecule has 0 bridgehead atoms. The average molecular weight is 315 g/mol. The van der Waals surface area contributed by atoms with Crippen LogP contribution in [0.5, 0.6) is 0 Å². The summed E-state index contributed by atoms with van der Waals surface area (Å²) in [4.78, 5) is 22.4. The molecule has 1 heterocycles. The minimum Gasteiger partial charge on any atom is -0.477 e. The molecule has 3 N–H and O–H groups in total. The maximum absolute atomic E-state index is 11.5. The highest BCUT2D eigenvalue weighted by Gasteiger charge is 2.09. The highest BCUT2D eigenvalue weighted by atomic mass is 16.5. The molecule has 7 nitrogen and oxygen atoms in total. The summed E-state index contributed by atoms with van der Waals surface area (Å²) in [5.74, 6) is -1.07. The van der Waals surface area contributed by atoms with Crippen molar-refractivity contribution in [2.45, 2.75) is 13.0 Å². The predicted molar refractivity (Wildman–Crippen MR) is 83.8 cm³/mol. The molecule has 0 aliphatic heterocycles. The van der Waals surface area contributed by atoms with Crippen molar-refractivity contribution in [1.82, 2.24) is 15.5 Å². The fourth-order valence-corrected chi connectivity index (χ4v) is 1.84. The maximum atomic E-state index is 11.5.